The van der Waals surface area contributed by atoms with E-state index in [0.717, 1.165) is 33.5 Å². The lowest BCUT2D eigenvalue weighted by molar-refractivity contribution is 0.619. The lowest BCUT2D eigenvalue weighted by Gasteiger charge is -2.26. The zero-order valence-electron chi connectivity index (χ0n) is 23.7. The highest BCUT2D eigenvalue weighted by Crippen LogP contribution is 2.54. The number of hydrogen-bond acceptors (Lipinski definition) is 3. The van der Waals surface area contributed by atoms with Crippen LogP contribution in [0, 0.1) is 5.92 Å². The number of anilines is 2. The van der Waals surface area contributed by atoms with Gasteiger partial charge in [-0.3, -0.25) is 4.90 Å². The molecule has 0 spiro atoms. The van der Waals surface area contributed by atoms with Gasteiger partial charge in [0, 0.05) is 45.4 Å². The number of aromatic nitrogens is 3. The highest BCUT2D eigenvalue weighted by molar-refractivity contribution is 6.04. The van der Waals surface area contributed by atoms with Crippen LogP contribution in [-0.2, 0) is 0 Å². The number of benzene rings is 5. The molecule has 4 heteroatoms. The number of nitrogens with zero attached hydrogens (tertiary/aromatic N) is 4. The number of fused-ring (bicyclic) bond motifs is 7. The molecule has 1 unspecified atom stereocenters. The Labute approximate surface area is 249 Å². The van der Waals surface area contributed by atoms with Gasteiger partial charge in [-0.05, 0) is 53.1 Å². The van der Waals surface area contributed by atoms with Crippen LogP contribution < -0.4 is 4.90 Å². The van der Waals surface area contributed by atoms with Gasteiger partial charge >= 0.3 is 0 Å². The summed E-state index contributed by atoms with van der Waals surface area (Å²) in [4.78, 5) is 12.9. The van der Waals surface area contributed by atoms with Crippen molar-refractivity contribution >= 4 is 44.2 Å². The first kappa shape index (κ1) is 24.2. The van der Waals surface area contributed by atoms with Crippen LogP contribution in [0.15, 0.2) is 145 Å². The van der Waals surface area contributed by atoms with Crippen molar-refractivity contribution in [1.82, 2.24) is 14.5 Å². The number of para-hydroxylation sites is 2. The SMILES string of the molecule is CC1C=CC=C2[C@H]1c1c(ccc3ccn(-c4ccccc4)c13)N2c1nc(-c2cccc3ccccc23)c2ccccc2n1. The third-order valence-corrected chi connectivity index (χ3v) is 9.08. The molecule has 43 heavy (non-hydrogen) atoms. The summed E-state index contributed by atoms with van der Waals surface area (Å²) in [6.07, 6.45) is 8.96. The first-order valence-electron chi connectivity index (χ1n) is 14.9. The lowest BCUT2D eigenvalue weighted by atomic mass is 9.83. The molecule has 0 bridgehead atoms. The molecule has 5 aromatic carbocycles. The number of allylic oxidation sites excluding steroid dienone is 4. The van der Waals surface area contributed by atoms with Crippen molar-refractivity contribution in [1.29, 1.82) is 0 Å². The molecular weight excluding hydrogens is 524 g/mol. The fourth-order valence-corrected chi connectivity index (χ4v) is 7.15. The molecule has 204 valence electrons. The lowest BCUT2D eigenvalue weighted by Crippen LogP contribution is -2.20. The molecule has 1 aliphatic heterocycles. The summed E-state index contributed by atoms with van der Waals surface area (Å²) in [7, 11) is 0. The summed E-state index contributed by atoms with van der Waals surface area (Å²) in [6, 6.07) is 40.7. The Hall–Kier alpha value is -5.48. The second-order valence-electron chi connectivity index (χ2n) is 11.5. The van der Waals surface area contributed by atoms with Crippen LogP contribution in [-0.4, -0.2) is 14.5 Å². The van der Waals surface area contributed by atoms with Crippen LogP contribution in [0.4, 0.5) is 11.6 Å². The third-order valence-electron chi connectivity index (χ3n) is 9.08. The van der Waals surface area contributed by atoms with Crippen LogP contribution in [0.1, 0.15) is 18.4 Å². The molecule has 0 saturated heterocycles. The minimum Gasteiger partial charge on any atom is -0.316 e. The van der Waals surface area contributed by atoms with Gasteiger partial charge in [0.05, 0.1) is 22.4 Å². The minimum absolute atomic E-state index is 0.192. The molecule has 7 aromatic rings. The Kier molecular flexibility index (Phi) is 5.20. The zero-order valence-corrected chi connectivity index (χ0v) is 23.7. The molecule has 4 nitrogen and oxygen atoms in total. The van der Waals surface area contributed by atoms with Gasteiger partial charge in [0.2, 0.25) is 5.95 Å². The van der Waals surface area contributed by atoms with E-state index in [-0.39, 0.29) is 5.92 Å². The topological polar surface area (TPSA) is 34.0 Å². The average molecular weight is 553 g/mol. The van der Waals surface area contributed by atoms with Gasteiger partial charge < -0.3 is 4.57 Å². The van der Waals surface area contributed by atoms with Crippen LogP contribution in [0.25, 0.3) is 49.5 Å². The van der Waals surface area contributed by atoms with E-state index in [1.165, 1.54) is 32.9 Å². The fraction of sp³-hybridized carbons (Fsp3) is 0.0769. The second kappa shape index (κ2) is 9.27. The molecule has 3 heterocycles. The van der Waals surface area contributed by atoms with Crippen molar-refractivity contribution < 1.29 is 0 Å². The first-order valence-corrected chi connectivity index (χ1v) is 14.9. The number of rotatable bonds is 3. The Morgan fingerprint density at radius 2 is 1.47 bits per heavy atom. The summed E-state index contributed by atoms with van der Waals surface area (Å²) in [5, 5.41) is 4.68. The molecule has 1 aliphatic carbocycles. The van der Waals surface area contributed by atoms with Crippen LogP contribution in [0.2, 0.25) is 0 Å². The van der Waals surface area contributed by atoms with Crippen molar-refractivity contribution in [3.63, 3.8) is 0 Å². The molecule has 9 rings (SSSR count). The maximum Gasteiger partial charge on any atom is 0.235 e. The van der Waals surface area contributed by atoms with Crippen LogP contribution in [0.3, 0.4) is 0 Å². The summed E-state index contributed by atoms with van der Waals surface area (Å²) in [5.41, 5.74) is 9.12. The molecule has 0 saturated carbocycles. The smallest absolute Gasteiger partial charge is 0.235 e. The first-order chi connectivity index (χ1) is 21.3. The monoisotopic (exact) mass is 552 g/mol. The van der Waals surface area contributed by atoms with E-state index in [0.29, 0.717) is 11.9 Å². The van der Waals surface area contributed by atoms with Crippen molar-refractivity contribution in [2.24, 2.45) is 5.92 Å². The molecule has 0 amide bonds. The highest BCUT2D eigenvalue weighted by Gasteiger charge is 2.41. The Morgan fingerprint density at radius 3 is 2.37 bits per heavy atom. The average Bonchev–Trinajstić information content (AvgIpc) is 3.64. The Morgan fingerprint density at radius 1 is 0.674 bits per heavy atom. The minimum atomic E-state index is 0.192. The van der Waals surface area contributed by atoms with E-state index in [9.17, 15) is 0 Å². The highest BCUT2D eigenvalue weighted by atomic mass is 15.3. The molecule has 2 atom stereocenters. The predicted molar refractivity (Wildman–Crippen MR) is 177 cm³/mol. The summed E-state index contributed by atoms with van der Waals surface area (Å²) in [5.74, 6) is 1.22. The van der Waals surface area contributed by atoms with E-state index in [4.69, 9.17) is 9.97 Å². The molecule has 0 radical (unpaired) electrons. The molecule has 2 aromatic heterocycles. The molecule has 2 aliphatic rings. The summed E-state index contributed by atoms with van der Waals surface area (Å²) < 4.78 is 2.34. The van der Waals surface area contributed by atoms with Gasteiger partial charge in [-0.2, -0.15) is 0 Å². The van der Waals surface area contributed by atoms with Gasteiger partial charge in [0.15, 0.2) is 0 Å². The molecule has 0 N–H and O–H groups in total. The van der Waals surface area contributed by atoms with Gasteiger partial charge in [0.25, 0.3) is 0 Å². The Bertz CT molecular complexity index is 2270. The fourth-order valence-electron chi connectivity index (χ4n) is 7.15. The molecule has 0 fully saturated rings. The Balaban J connectivity index is 1.33. The largest absolute Gasteiger partial charge is 0.316 e. The normalized spacial score (nSPS) is 17.4. The van der Waals surface area contributed by atoms with E-state index in [2.05, 4.69) is 156 Å². The van der Waals surface area contributed by atoms with Gasteiger partial charge in [-0.1, -0.05) is 104 Å². The van der Waals surface area contributed by atoms with E-state index in [1.54, 1.807) is 0 Å². The van der Waals surface area contributed by atoms with Crippen LogP contribution >= 0.6 is 0 Å². The van der Waals surface area contributed by atoms with E-state index in [1.807, 2.05) is 0 Å². The van der Waals surface area contributed by atoms with Gasteiger partial charge in [-0.25, -0.2) is 9.97 Å². The van der Waals surface area contributed by atoms with Crippen molar-refractivity contribution in [3.8, 4) is 16.9 Å². The third kappa shape index (κ3) is 3.56. The van der Waals surface area contributed by atoms with E-state index >= 15 is 0 Å². The van der Waals surface area contributed by atoms with Gasteiger partial charge in [0.1, 0.15) is 0 Å². The maximum absolute atomic E-state index is 5.41. The standard InChI is InChI=1S/C39H28N4/c1-25-11-9-20-33-35(25)36-34(22-21-27-23-24-42(38(27)36)28-14-3-2-4-15-28)43(33)39-40-32-19-8-7-17-31(32)37(41-39)30-18-10-13-26-12-5-6-16-29(26)30/h2-25,35H,1H3/t25?,35-/m0/s1. The summed E-state index contributed by atoms with van der Waals surface area (Å²) >= 11 is 0. The number of hydrogen-bond donors (Lipinski definition) is 0. The zero-order chi connectivity index (χ0) is 28.5. The van der Waals surface area contributed by atoms with E-state index < -0.39 is 0 Å². The molecular formula is C39H28N4. The van der Waals surface area contributed by atoms with Crippen LogP contribution in [0.5, 0.6) is 0 Å². The maximum atomic E-state index is 5.41. The quantitative estimate of drug-likeness (QED) is 0.219. The second-order valence-corrected chi connectivity index (χ2v) is 11.5. The van der Waals surface area contributed by atoms with Crippen molar-refractivity contribution in [3.05, 3.63) is 151 Å². The predicted octanol–water partition coefficient (Wildman–Crippen LogP) is 9.72. The summed E-state index contributed by atoms with van der Waals surface area (Å²) in [6.45, 7) is 2.32. The van der Waals surface area contributed by atoms with Crippen molar-refractivity contribution in [2.75, 3.05) is 4.90 Å². The van der Waals surface area contributed by atoms with Gasteiger partial charge in [-0.15, -0.1) is 0 Å². The van der Waals surface area contributed by atoms with Crippen molar-refractivity contribution in [2.45, 2.75) is 12.8 Å².